The van der Waals surface area contributed by atoms with Crippen molar-refractivity contribution in [1.29, 1.82) is 0 Å². The van der Waals surface area contributed by atoms with Crippen LogP contribution in [-0.4, -0.2) is 32.3 Å². The molecule has 4 aromatic rings. The van der Waals surface area contributed by atoms with E-state index in [0.29, 0.717) is 12.3 Å². The van der Waals surface area contributed by atoms with E-state index in [-0.39, 0.29) is 0 Å². The lowest BCUT2D eigenvalue weighted by molar-refractivity contribution is 0.416. The van der Waals surface area contributed by atoms with Gasteiger partial charge in [-0.2, -0.15) is 0 Å². The maximum absolute atomic E-state index is 5.47. The fourth-order valence-electron chi connectivity index (χ4n) is 2.64. The zero-order chi connectivity index (χ0) is 19.3. The summed E-state index contributed by atoms with van der Waals surface area (Å²) >= 11 is 6.69. The summed E-state index contributed by atoms with van der Waals surface area (Å²) in [5.41, 5.74) is 3.13. The molecule has 4 rings (SSSR count). The van der Waals surface area contributed by atoms with E-state index < -0.39 is 0 Å². The number of thiazole rings is 1. The molecule has 0 fully saturated rings. The first kappa shape index (κ1) is 19.1. The number of rotatable bonds is 7. The molecule has 0 unspecified atom stereocenters. The Balaban J connectivity index is 1.46. The van der Waals surface area contributed by atoms with Crippen LogP contribution in [0, 0.1) is 0 Å². The van der Waals surface area contributed by atoms with Crippen molar-refractivity contribution in [1.82, 2.24) is 25.2 Å². The van der Waals surface area contributed by atoms with Gasteiger partial charge in [0.2, 0.25) is 5.16 Å². The number of halogens is 1. The molecule has 2 heterocycles. The molecule has 9 heteroatoms. The van der Waals surface area contributed by atoms with Crippen LogP contribution in [0.5, 0.6) is 5.75 Å². The standard InChI is InChI=1S/C19H16BrN5OS2/c1-26-17-8-7-14(20)9-16(17)18-21-15(11-27-18)12-28-19-22-23-24-25(19)10-13-5-3-2-4-6-13/h2-9,11H,10,12H2,1H3. The van der Waals surface area contributed by atoms with Crippen LogP contribution in [0.25, 0.3) is 10.6 Å². The van der Waals surface area contributed by atoms with Crippen molar-refractivity contribution >= 4 is 39.0 Å². The molecule has 2 aromatic carbocycles. The summed E-state index contributed by atoms with van der Waals surface area (Å²) in [6.45, 7) is 0.647. The van der Waals surface area contributed by atoms with Crippen LogP contribution < -0.4 is 4.74 Å². The van der Waals surface area contributed by atoms with Gasteiger partial charge in [0, 0.05) is 15.6 Å². The molecule has 0 spiro atoms. The predicted molar refractivity (Wildman–Crippen MR) is 115 cm³/mol. The van der Waals surface area contributed by atoms with Gasteiger partial charge in [0.25, 0.3) is 0 Å². The summed E-state index contributed by atoms with van der Waals surface area (Å²) in [7, 11) is 1.67. The number of hydrogen-bond acceptors (Lipinski definition) is 7. The average molecular weight is 474 g/mol. The van der Waals surface area contributed by atoms with Gasteiger partial charge >= 0.3 is 0 Å². The van der Waals surface area contributed by atoms with Crippen LogP contribution in [0.2, 0.25) is 0 Å². The minimum absolute atomic E-state index is 0.647. The van der Waals surface area contributed by atoms with Gasteiger partial charge in [0.15, 0.2) is 0 Å². The minimum Gasteiger partial charge on any atom is -0.496 e. The van der Waals surface area contributed by atoms with E-state index in [1.807, 2.05) is 41.1 Å². The predicted octanol–water partition coefficient (Wildman–Crippen LogP) is 4.91. The van der Waals surface area contributed by atoms with Crippen molar-refractivity contribution in [3.8, 4) is 16.3 Å². The molecule has 2 aromatic heterocycles. The Morgan fingerprint density at radius 2 is 2.04 bits per heavy atom. The third-order valence-electron chi connectivity index (χ3n) is 3.97. The first-order valence-electron chi connectivity index (χ1n) is 8.44. The van der Waals surface area contributed by atoms with Crippen molar-refractivity contribution in [2.24, 2.45) is 0 Å². The number of benzene rings is 2. The number of ether oxygens (including phenoxy) is 1. The van der Waals surface area contributed by atoms with Crippen LogP contribution in [0.3, 0.4) is 0 Å². The number of nitrogens with zero attached hydrogens (tertiary/aromatic N) is 5. The van der Waals surface area contributed by atoms with Gasteiger partial charge in [-0.05, 0) is 34.2 Å². The smallest absolute Gasteiger partial charge is 0.210 e. The molecular formula is C19H16BrN5OS2. The number of aromatic nitrogens is 5. The zero-order valence-corrected chi connectivity index (χ0v) is 18.2. The molecule has 0 aliphatic carbocycles. The number of methoxy groups -OCH3 is 1. The van der Waals surface area contributed by atoms with Gasteiger partial charge < -0.3 is 4.74 Å². The molecule has 0 saturated carbocycles. The van der Waals surface area contributed by atoms with Gasteiger partial charge in [0.05, 0.1) is 24.9 Å². The van der Waals surface area contributed by atoms with Gasteiger partial charge in [-0.15, -0.1) is 16.4 Å². The Bertz CT molecular complexity index is 1070. The molecule has 0 aliphatic heterocycles. The van der Waals surface area contributed by atoms with E-state index in [1.165, 1.54) is 0 Å². The fourth-order valence-corrected chi connectivity index (χ4v) is 4.71. The van der Waals surface area contributed by atoms with E-state index in [1.54, 1.807) is 30.2 Å². The molecule has 0 N–H and O–H groups in total. The topological polar surface area (TPSA) is 65.7 Å². The molecule has 28 heavy (non-hydrogen) atoms. The molecule has 0 radical (unpaired) electrons. The Labute approximate surface area is 179 Å². The molecule has 0 amide bonds. The van der Waals surface area contributed by atoms with E-state index >= 15 is 0 Å². The number of thioether (sulfide) groups is 1. The highest BCUT2D eigenvalue weighted by atomic mass is 79.9. The van der Waals surface area contributed by atoms with E-state index in [9.17, 15) is 0 Å². The Morgan fingerprint density at radius 1 is 1.18 bits per heavy atom. The molecular weight excluding hydrogens is 458 g/mol. The van der Waals surface area contributed by atoms with Crippen molar-refractivity contribution in [3.05, 3.63) is 69.6 Å². The van der Waals surface area contributed by atoms with E-state index in [2.05, 4.69) is 49.0 Å². The second kappa shape index (κ2) is 8.85. The second-order valence-corrected chi connectivity index (χ2v) is 8.60. The SMILES string of the molecule is COc1ccc(Br)cc1-c1nc(CSc2nnnn2Cc2ccccc2)cs1. The average Bonchev–Trinajstić information content (AvgIpc) is 3.36. The lowest BCUT2D eigenvalue weighted by atomic mass is 10.2. The van der Waals surface area contributed by atoms with E-state index in [4.69, 9.17) is 9.72 Å². The highest BCUT2D eigenvalue weighted by molar-refractivity contribution is 9.10. The maximum Gasteiger partial charge on any atom is 0.210 e. The third kappa shape index (κ3) is 4.43. The minimum atomic E-state index is 0.647. The van der Waals surface area contributed by atoms with Gasteiger partial charge in [-0.1, -0.05) is 58.0 Å². The molecule has 0 saturated heterocycles. The first-order valence-corrected chi connectivity index (χ1v) is 11.1. The van der Waals surface area contributed by atoms with Gasteiger partial charge in [-0.3, -0.25) is 0 Å². The zero-order valence-electron chi connectivity index (χ0n) is 14.9. The quantitative estimate of drug-likeness (QED) is 0.355. The largest absolute Gasteiger partial charge is 0.496 e. The van der Waals surface area contributed by atoms with Crippen molar-refractivity contribution in [3.63, 3.8) is 0 Å². The number of tetrazole rings is 1. The van der Waals surface area contributed by atoms with Crippen molar-refractivity contribution < 1.29 is 4.74 Å². The summed E-state index contributed by atoms with van der Waals surface area (Å²) in [6.07, 6.45) is 0. The second-order valence-electron chi connectivity index (χ2n) is 5.88. The maximum atomic E-state index is 5.47. The molecule has 0 bridgehead atoms. The lowest BCUT2D eigenvalue weighted by Crippen LogP contribution is -2.03. The lowest BCUT2D eigenvalue weighted by Gasteiger charge is -2.06. The van der Waals surface area contributed by atoms with Crippen LogP contribution in [-0.2, 0) is 12.3 Å². The third-order valence-corrected chi connectivity index (χ3v) is 6.38. The first-order chi connectivity index (χ1) is 13.7. The van der Waals surface area contributed by atoms with Crippen LogP contribution >= 0.6 is 39.0 Å². The van der Waals surface area contributed by atoms with Gasteiger partial charge in [0.1, 0.15) is 10.8 Å². The molecule has 142 valence electrons. The fraction of sp³-hybridized carbons (Fsp3) is 0.158. The monoisotopic (exact) mass is 473 g/mol. The molecule has 0 atom stereocenters. The van der Waals surface area contributed by atoms with E-state index in [0.717, 1.165) is 37.2 Å². The summed E-state index contributed by atoms with van der Waals surface area (Å²) in [5, 5.41) is 15.8. The Hall–Kier alpha value is -2.23. The Morgan fingerprint density at radius 3 is 2.86 bits per heavy atom. The summed E-state index contributed by atoms with van der Waals surface area (Å²) in [5.74, 6) is 1.51. The summed E-state index contributed by atoms with van der Waals surface area (Å²) < 4.78 is 8.27. The van der Waals surface area contributed by atoms with Crippen LogP contribution in [0.4, 0.5) is 0 Å². The molecule has 0 aliphatic rings. The Kier molecular flexibility index (Phi) is 6.04. The summed E-state index contributed by atoms with van der Waals surface area (Å²) in [6, 6.07) is 16.1. The van der Waals surface area contributed by atoms with Crippen molar-refractivity contribution in [2.75, 3.05) is 7.11 Å². The normalized spacial score (nSPS) is 10.9. The summed E-state index contributed by atoms with van der Waals surface area (Å²) in [4.78, 5) is 4.76. The van der Waals surface area contributed by atoms with Crippen molar-refractivity contribution in [2.45, 2.75) is 17.5 Å². The van der Waals surface area contributed by atoms with Crippen LogP contribution in [0.1, 0.15) is 11.3 Å². The molecule has 6 nitrogen and oxygen atoms in total. The highest BCUT2D eigenvalue weighted by Crippen LogP contribution is 2.35. The van der Waals surface area contributed by atoms with Gasteiger partial charge in [-0.25, -0.2) is 9.67 Å². The van der Waals surface area contributed by atoms with Crippen LogP contribution in [0.15, 0.2) is 63.5 Å². The number of hydrogen-bond donors (Lipinski definition) is 0. The highest BCUT2D eigenvalue weighted by Gasteiger charge is 2.13.